The molecule has 0 rings (SSSR count). The number of carbonyl (C=O) groups excluding carboxylic acids is 2. The molecule has 0 saturated carbocycles. The lowest BCUT2D eigenvalue weighted by Gasteiger charge is -2.20. The first-order chi connectivity index (χ1) is 41.5. The molecule has 0 fully saturated rings. The second-order valence-electron chi connectivity index (χ2n) is 27.1. The molecule has 2 atom stereocenters. The maximum Gasteiger partial charge on any atom is 0.305 e. The van der Waals surface area contributed by atoms with E-state index in [1.165, 1.54) is 385 Å². The molecular formula is C78H153NO5. The summed E-state index contributed by atoms with van der Waals surface area (Å²) >= 11 is 0. The zero-order valence-corrected chi connectivity index (χ0v) is 57.4. The molecular weight excluding hydrogens is 1030 g/mol. The minimum atomic E-state index is -0.838. The van der Waals surface area contributed by atoms with Crippen molar-refractivity contribution in [1.82, 2.24) is 5.32 Å². The molecule has 3 N–H and O–H groups in total. The number of hydrogen-bond acceptors (Lipinski definition) is 5. The lowest BCUT2D eigenvalue weighted by Crippen LogP contribution is -2.45. The summed E-state index contributed by atoms with van der Waals surface area (Å²) in [5, 5.41) is 23.1. The summed E-state index contributed by atoms with van der Waals surface area (Å²) in [6, 6.07) is -0.621. The van der Waals surface area contributed by atoms with Crippen LogP contribution in [0.3, 0.4) is 0 Å². The topological polar surface area (TPSA) is 95.9 Å². The predicted molar refractivity (Wildman–Crippen MR) is 370 cm³/mol. The number of hydrogen-bond donors (Lipinski definition) is 3. The maximum absolute atomic E-state index is 12.4. The molecule has 0 bridgehead atoms. The molecule has 0 saturated heterocycles. The Morgan fingerprint density at radius 3 is 0.810 bits per heavy atom. The highest BCUT2D eigenvalue weighted by Gasteiger charge is 2.18. The second kappa shape index (κ2) is 74.1. The van der Waals surface area contributed by atoms with E-state index in [0.29, 0.717) is 19.4 Å². The minimum Gasteiger partial charge on any atom is -0.466 e. The number of carbonyl (C=O) groups is 2. The number of allylic oxidation sites excluding steroid dienone is 1. The SMILES string of the molecule is CCCCCCCCCCC/C=C/C(O)C(CO)NC(=O)CCCCCCCCCCCCCCCCCCCCCCCCCCCCCCCCCCCCCCCCCOC(=O)CCCCCCCCCCCCCCCCCCC. The van der Waals surface area contributed by atoms with Crippen molar-refractivity contribution in [2.24, 2.45) is 0 Å². The molecule has 500 valence electrons. The van der Waals surface area contributed by atoms with Gasteiger partial charge in [-0.05, 0) is 32.1 Å². The Labute approximate surface area is 527 Å². The molecule has 0 spiro atoms. The second-order valence-corrected chi connectivity index (χ2v) is 27.1. The standard InChI is InChI=1S/C78H153NO5/c1-3-5-7-9-11-13-15-16-17-41-45-48-52-56-60-64-68-72-78(83)84-73-69-65-61-57-53-49-46-43-40-38-36-34-32-30-28-26-24-22-20-18-19-21-23-25-27-29-31-33-35-37-39-42-44-47-51-55-59-63-67-71-77(82)79-75(74-80)76(81)70-66-62-58-54-50-14-12-10-8-6-4-2/h66,70,75-76,80-81H,3-65,67-69,71-74H2,1-2H3,(H,79,82)/b70-66+. The first-order valence-corrected chi connectivity index (χ1v) is 39.0. The molecule has 0 aromatic rings. The molecule has 84 heavy (non-hydrogen) atoms. The fourth-order valence-electron chi connectivity index (χ4n) is 12.6. The Morgan fingerprint density at radius 2 is 0.548 bits per heavy atom. The van der Waals surface area contributed by atoms with Crippen LogP contribution >= 0.6 is 0 Å². The average molecular weight is 1190 g/mol. The normalized spacial score (nSPS) is 12.5. The van der Waals surface area contributed by atoms with E-state index in [1.807, 2.05) is 6.08 Å². The number of nitrogens with one attached hydrogen (secondary N) is 1. The lowest BCUT2D eigenvalue weighted by atomic mass is 10.0. The fraction of sp³-hybridized carbons (Fsp3) is 0.949. The van der Waals surface area contributed by atoms with Crippen LogP contribution in [-0.2, 0) is 14.3 Å². The van der Waals surface area contributed by atoms with Gasteiger partial charge in [0.1, 0.15) is 0 Å². The van der Waals surface area contributed by atoms with Crippen molar-refractivity contribution in [3.05, 3.63) is 12.2 Å². The van der Waals surface area contributed by atoms with Crippen LogP contribution in [0.1, 0.15) is 450 Å². The van der Waals surface area contributed by atoms with Crippen LogP contribution in [0, 0.1) is 0 Å². The summed E-state index contributed by atoms with van der Waals surface area (Å²) in [4.78, 5) is 24.6. The maximum atomic E-state index is 12.4. The molecule has 0 aromatic heterocycles. The number of ether oxygens (including phenoxy) is 1. The number of aliphatic hydroxyl groups excluding tert-OH is 2. The van der Waals surface area contributed by atoms with E-state index in [9.17, 15) is 19.8 Å². The van der Waals surface area contributed by atoms with Gasteiger partial charge in [-0.25, -0.2) is 0 Å². The van der Waals surface area contributed by atoms with Crippen LogP contribution in [0.5, 0.6) is 0 Å². The van der Waals surface area contributed by atoms with Crippen molar-refractivity contribution in [3.8, 4) is 0 Å². The van der Waals surface area contributed by atoms with Gasteiger partial charge in [0.05, 0.1) is 25.4 Å². The zero-order valence-electron chi connectivity index (χ0n) is 57.4. The molecule has 0 aliphatic rings. The monoisotopic (exact) mass is 1180 g/mol. The van der Waals surface area contributed by atoms with Crippen LogP contribution in [0.25, 0.3) is 0 Å². The minimum absolute atomic E-state index is 0.0289. The molecule has 1 amide bonds. The fourth-order valence-corrected chi connectivity index (χ4v) is 12.6. The van der Waals surface area contributed by atoms with Gasteiger partial charge >= 0.3 is 5.97 Å². The molecule has 0 aliphatic carbocycles. The molecule has 0 radical (unpaired) electrons. The van der Waals surface area contributed by atoms with Gasteiger partial charge in [0.25, 0.3) is 0 Å². The summed E-state index contributed by atoms with van der Waals surface area (Å²) in [6.07, 6.45) is 93.6. The van der Waals surface area contributed by atoms with Gasteiger partial charge in [0.15, 0.2) is 0 Å². The Bertz CT molecular complexity index is 1270. The van der Waals surface area contributed by atoms with E-state index < -0.39 is 12.1 Å². The van der Waals surface area contributed by atoms with E-state index in [2.05, 4.69) is 19.2 Å². The van der Waals surface area contributed by atoms with E-state index in [-0.39, 0.29) is 18.5 Å². The van der Waals surface area contributed by atoms with E-state index in [1.54, 1.807) is 6.08 Å². The van der Waals surface area contributed by atoms with Gasteiger partial charge in [0.2, 0.25) is 5.91 Å². The molecule has 0 heterocycles. The highest BCUT2D eigenvalue weighted by molar-refractivity contribution is 5.76. The van der Waals surface area contributed by atoms with Crippen LogP contribution in [0.15, 0.2) is 12.2 Å². The largest absolute Gasteiger partial charge is 0.466 e. The predicted octanol–water partition coefficient (Wildman–Crippen LogP) is 25.5. The number of unbranched alkanes of at least 4 members (excludes halogenated alkanes) is 63. The summed E-state index contributed by atoms with van der Waals surface area (Å²) in [7, 11) is 0. The first-order valence-electron chi connectivity index (χ1n) is 39.0. The Morgan fingerprint density at radius 1 is 0.321 bits per heavy atom. The van der Waals surface area contributed by atoms with E-state index in [0.717, 1.165) is 38.5 Å². The third-order valence-electron chi connectivity index (χ3n) is 18.6. The van der Waals surface area contributed by atoms with E-state index in [4.69, 9.17) is 4.74 Å². The van der Waals surface area contributed by atoms with Gasteiger partial charge in [-0.3, -0.25) is 9.59 Å². The van der Waals surface area contributed by atoms with Crippen molar-refractivity contribution in [3.63, 3.8) is 0 Å². The number of esters is 1. The summed E-state index contributed by atoms with van der Waals surface area (Å²) in [5.74, 6) is -0.0318. The Balaban J connectivity index is 3.26. The van der Waals surface area contributed by atoms with Crippen molar-refractivity contribution < 1.29 is 24.5 Å². The number of rotatable bonds is 74. The highest BCUT2D eigenvalue weighted by Crippen LogP contribution is 2.20. The van der Waals surface area contributed by atoms with Gasteiger partial charge < -0.3 is 20.3 Å². The van der Waals surface area contributed by atoms with Crippen molar-refractivity contribution in [1.29, 1.82) is 0 Å². The Kier molecular flexibility index (Phi) is 72.8. The highest BCUT2D eigenvalue weighted by atomic mass is 16.5. The average Bonchev–Trinajstić information content (AvgIpc) is 3.50. The smallest absolute Gasteiger partial charge is 0.305 e. The molecule has 6 nitrogen and oxygen atoms in total. The van der Waals surface area contributed by atoms with Crippen molar-refractivity contribution >= 4 is 11.9 Å². The van der Waals surface area contributed by atoms with Crippen LogP contribution in [0.2, 0.25) is 0 Å². The molecule has 6 heteroatoms. The molecule has 2 unspecified atom stereocenters. The quantitative estimate of drug-likeness (QED) is 0.0320. The van der Waals surface area contributed by atoms with Crippen LogP contribution < -0.4 is 5.32 Å². The van der Waals surface area contributed by atoms with Gasteiger partial charge in [-0.1, -0.05) is 418 Å². The third-order valence-corrected chi connectivity index (χ3v) is 18.6. The van der Waals surface area contributed by atoms with Crippen molar-refractivity contribution in [2.45, 2.75) is 463 Å². The lowest BCUT2D eigenvalue weighted by molar-refractivity contribution is -0.143. The molecule has 0 aromatic carbocycles. The van der Waals surface area contributed by atoms with Gasteiger partial charge in [0, 0.05) is 12.8 Å². The van der Waals surface area contributed by atoms with Crippen molar-refractivity contribution in [2.75, 3.05) is 13.2 Å². The number of amides is 1. The summed E-state index contributed by atoms with van der Waals surface area (Å²) < 4.78 is 5.52. The third kappa shape index (κ3) is 69.7. The van der Waals surface area contributed by atoms with Crippen LogP contribution in [-0.4, -0.2) is 47.4 Å². The summed E-state index contributed by atoms with van der Waals surface area (Å²) in [6.45, 7) is 4.94. The first kappa shape index (κ1) is 82.6. The zero-order chi connectivity index (χ0) is 60.6. The molecule has 0 aliphatic heterocycles. The van der Waals surface area contributed by atoms with Gasteiger partial charge in [-0.15, -0.1) is 0 Å². The van der Waals surface area contributed by atoms with Crippen LogP contribution in [0.4, 0.5) is 0 Å². The number of aliphatic hydroxyl groups is 2. The van der Waals surface area contributed by atoms with Gasteiger partial charge in [-0.2, -0.15) is 0 Å². The Hall–Kier alpha value is -1.40. The summed E-state index contributed by atoms with van der Waals surface area (Å²) in [5.41, 5.74) is 0. The van der Waals surface area contributed by atoms with E-state index >= 15 is 0 Å².